The summed E-state index contributed by atoms with van der Waals surface area (Å²) in [6.45, 7) is 0.434. The molecule has 0 bridgehead atoms. The Morgan fingerprint density at radius 2 is 1.90 bits per heavy atom. The molecule has 0 saturated carbocycles. The Balaban J connectivity index is 1.99. The number of benzene rings is 1. The fourth-order valence-corrected chi connectivity index (χ4v) is 1.69. The van der Waals surface area contributed by atoms with Crippen molar-refractivity contribution in [2.24, 2.45) is 5.11 Å². The number of ether oxygens (including phenoxy) is 1. The number of esters is 1. The first kappa shape index (κ1) is 13.6. The molecule has 1 aromatic carbocycles. The number of carbonyl (C=O) groups is 1. The van der Waals surface area contributed by atoms with Crippen molar-refractivity contribution in [3.05, 3.63) is 76.4 Å². The largest absolute Gasteiger partial charge is 0.456 e. The average Bonchev–Trinajstić information content (AvgIpc) is 2.49. The third-order valence-electron chi connectivity index (χ3n) is 2.65. The number of hydrogen-bond donors (Lipinski definition) is 0. The highest BCUT2D eigenvalue weighted by molar-refractivity contribution is 5.88. The Morgan fingerprint density at radius 1 is 1.20 bits per heavy atom. The number of azide groups is 1. The van der Waals surface area contributed by atoms with Crippen molar-refractivity contribution in [2.45, 2.75) is 6.54 Å². The van der Waals surface area contributed by atoms with Crippen LogP contribution in [-0.2, 0) is 11.3 Å². The summed E-state index contributed by atoms with van der Waals surface area (Å²) < 4.78 is 6.72. The first-order chi connectivity index (χ1) is 9.79. The van der Waals surface area contributed by atoms with Crippen LogP contribution in [0.4, 0.5) is 0 Å². The fourth-order valence-electron chi connectivity index (χ4n) is 1.69. The van der Waals surface area contributed by atoms with Crippen molar-refractivity contribution < 1.29 is 14.1 Å². The van der Waals surface area contributed by atoms with Crippen LogP contribution in [0.1, 0.15) is 15.9 Å². The molecule has 2 rings (SSSR count). The van der Waals surface area contributed by atoms with Crippen molar-refractivity contribution in [2.75, 3.05) is 6.73 Å². The summed E-state index contributed by atoms with van der Waals surface area (Å²) in [4.78, 5) is 14.1. The summed E-state index contributed by atoms with van der Waals surface area (Å²) in [6.07, 6.45) is 3.61. The van der Waals surface area contributed by atoms with Gasteiger partial charge >= 0.3 is 5.97 Å². The molecule has 0 amide bonds. The van der Waals surface area contributed by atoms with E-state index in [-0.39, 0.29) is 6.73 Å². The maximum atomic E-state index is 11.6. The number of pyridine rings is 1. The van der Waals surface area contributed by atoms with Gasteiger partial charge in [0.25, 0.3) is 0 Å². The highest BCUT2D eigenvalue weighted by Crippen LogP contribution is 2.01. The molecule has 0 radical (unpaired) electrons. The summed E-state index contributed by atoms with van der Waals surface area (Å²) in [5, 5.41) is 3.14. The summed E-state index contributed by atoms with van der Waals surface area (Å²) in [5.41, 5.74) is 9.69. The van der Waals surface area contributed by atoms with E-state index in [0.717, 1.165) is 6.54 Å². The van der Waals surface area contributed by atoms with Crippen molar-refractivity contribution in [3.8, 4) is 0 Å². The van der Waals surface area contributed by atoms with Gasteiger partial charge in [0, 0.05) is 22.6 Å². The maximum Gasteiger partial charge on any atom is 0.338 e. The first-order valence-corrected chi connectivity index (χ1v) is 6.00. The van der Waals surface area contributed by atoms with E-state index < -0.39 is 5.97 Å². The van der Waals surface area contributed by atoms with Gasteiger partial charge < -0.3 is 4.74 Å². The molecule has 20 heavy (non-hydrogen) atoms. The standard InChI is InChI=1S/C14H13N4O2/c15-17-16-11-20-14(19)13-6-8-18(9-7-13)10-12-4-2-1-3-5-12/h1-9H,10-11H2/q+1. The molecule has 6 heteroatoms. The van der Waals surface area contributed by atoms with Crippen molar-refractivity contribution in [1.82, 2.24) is 0 Å². The molecular weight excluding hydrogens is 256 g/mol. The zero-order valence-electron chi connectivity index (χ0n) is 10.7. The molecule has 0 unspecified atom stereocenters. The van der Waals surface area contributed by atoms with Crippen LogP contribution in [0.5, 0.6) is 0 Å². The summed E-state index contributed by atoms with van der Waals surface area (Å²) in [7, 11) is 0. The minimum Gasteiger partial charge on any atom is -0.456 e. The summed E-state index contributed by atoms with van der Waals surface area (Å²) in [5.74, 6) is -0.510. The quantitative estimate of drug-likeness (QED) is 0.275. The van der Waals surface area contributed by atoms with Crippen molar-refractivity contribution in [3.63, 3.8) is 0 Å². The number of aromatic nitrogens is 1. The van der Waals surface area contributed by atoms with Crippen molar-refractivity contribution >= 4 is 5.97 Å². The summed E-state index contributed by atoms with van der Waals surface area (Å²) >= 11 is 0. The summed E-state index contributed by atoms with van der Waals surface area (Å²) in [6, 6.07) is 13.3. The average molecular weight is 269 g/mol. The van der Waals surface area contributed by atoms with Crippen LogP contribution >= 0.6 is 0 Å². The Bertz CT molecular complexity index is 619. The maximum absolute atomic E-state index is 11.6. The monoisotopic (exact) mass is 269 g/mol. The van der Waals surface area contributed by atoms with E-state index in [0.29, 0.717) is 5.56 Å². The van der Waals surface area contributed by atoms with E-state index in [1.807, 2.05) is 34.9 Å². The molecule has 6 nitrogen and oxygen atoms in total. The minimum atomic E-state index is -0.510. The second-order valence-corrected chi connectivity index (χ2v) is 4.04. The van der Waals surface area contributed by atoms with Crippen LogP contribution < -0.4 is 4.57 Å². The third kappa shape index (κ3) is 3.83. The van der Waals surface area contributed by atoms with E-state index in [1.165, 1.54) is 5.56 Å². The van der Waals surface area contributed by atoms with E-state index >= 15 is 0 Å². The molecule has 0 spiro atoms. The lowest BCUT2D eigenvalue weighted by molar-refractivity contribution is -0.688. The van der Waals surface area contributed by atoms with Crippen LogP contribution in [0.3, 0.4) is 0 Å². The molecule has 1 aromatic heterocycles. The molecular formula is C14H13N4O2+. The van der Waals surface area contributed by atoms with Gasteiger partial charge in [-0.1, -0.05) is 35.4 Å². The molecule has 0 aliphatic carbocycles. The van der Waals surface area contributed by atoms with Gasteiger partial charge in [0.2, 0.25) is 0 Å². The normalized spacial score (nSPS) is 9.60. The molecule has 0 N–H and O–H groups in total. The van der Waals surface area contributed by atoms with Gasteiger partial charge in [-0.15, -0.1) is 0 Å². The number of nitrogens with zero attached hydrogens (tertiary/aromatic N) is 4. The van der Waals surface area contributed by atoms with Crippen molar-refractivity contribution in [1.29, 1.82) is 0 Å². The van der Waals surface area contributed by atoms with Crippen LogP contribution in [0.2, 0.25) is 0 Å². The zero-order valence-corrected chi connectivity index (χ0v) is 10.7. The van der Waals surface area contributed by atoms with Gasteiger partial charge in [-0.2, -0.15) is 0 Å². The molecule has 0 aliphatic heterocycles. The zero-order chi connectivity index (χ0) is 14.2. The highest BCUT2D eigenvalue weighted by atomic mass is 16.5. The van der Waals surface area contributed by atoms with Gasteiger partial charge in [-0.25, -0.2) is 9.36 Å². The molecule has 100 valence electrons. The molecule has 0 fully saturated rings. The van der Waals surface area contributed by atoms with Crippen LogP contribution in [0.15, 0.2) is 60.0 Å². The molecule has 0 aliphatic rings. The Hall–Kier alpha value is -2.85. The van der Waals surface area contributed by atoms with Gasteiger partial charge in [0.05, 0.1) is 5.56 Å². The SMILES string of the molecule is [N-]=[N+]=NCOC(=O)c1cc[n+](Cc2ccccc2)cc1. The predicted molar refractivity (Wildman–Crippen MR) is 71.6 cm³/mol. The van der Waals surface area contributed by atoms with E-state index in [9.17, 15) is 4.79 Å². The van der Waals surface area contributed by atoms with Gasteiger partial charge in [-0.3, -0.25) is 0 Å². The van der Waals surface area contributed by atoms with Gasteiger partial charge in [0.15, 0.2) is 25.7 Å². The van der Waals surface area contributed by atoms with Crippen LogP contribution in [-0.4, -0.2) is 12.7 Å². The van der Waals surface area contributed by atoms with Gasteiger partial charge in [-0.05, 0) is 5.53 Å². The number of rotatable bonds is 5. The van der Waals surface area contributed by atoms with Crippen LogP contribution in [0, 0.1) is 0 Å². The second-order valence-electron chi connectivity index (χ2n) is 4.04. The smallest absolute Gasteiger partial charge is 0.338 e. The molecule has 0 atom stereocenters. The number of carbonyl (C=O) groups excluding carboxylic acids is 1. The molecule has 1 heterocycles. The third-order valence-corrected chi connectivity index (χ3v) is 2.65. The van der Waals surface area contributed by atoms with Gasteiger partial charge in [0.1, 0.15) is 0 Å². The fraction of sp³-hybridized carbons (Fsp3) is 0.143. The Kier molecular flexibility index (Phi) is 4.70. The lowest BCUT2D eigenvalue weighted by Gasteiger charge is -2.01. The lowest BCUT2D eigenvalue weighted by atomic mass is 10.2. The van der Waals surface area contributed by atoms with Crippen LogP contribution in [0.25, 0.3) is 10.4 Å². The Labute approximate surface area is 115 Å². The second kappa shape index (κ2) is 6.92. The highest BCUT2D eigenvalue weighted by Gasteiger charge is 2.09. The van der Waals surface area contributed by atoms with E-state index in [1.54, 1.807) is 24.5 Å². The topological polar surface area (TPSA) is 78.9 Å². The van der Waals surface area contributed by atoms with E-state index in [2.05, 4.69) is 10.0 Å². The molecule has 2 aromatic rings. The molecule has 0 saturated heterocycles. The lowest BCUT2D eigenvalue weighted by Crippen LogP contribution is -2.33. The first-order valence-electron chi connectivity index (χ1n) is 6.00. The van der Waals surface area contributed by atoms with E-state index in [4.69, 9.17) is 10.3 Å². The number of hydrogen-bond acceptors (Lipinski definition) is 3. The Morgan fingerprint density at radius 3 is 2.55 bits per heavy atom. The minimum absolute atomic E-state index is 0.297. The predicted octanol–water partition coefficient (Wildman–Crippen LogP) is 2.45.